The Hall–Kier alpha value is -2.81. The van der Waals surface area contributed by atoms with Gasteiger partial charge in [0.25, 0.3) is 5.97 Å². The molecule has 9 heteroatoms. The lowest BCUT2D eigenvalue weighted by Crippen LogP contribution is -2.23. The second-order valence-electron chi connectivity index (χ2n) is 8.68. The Labute approximate surface area is 233 Å². The topological polar surface area (TPSA) is 119 Å². The lowest BCUT2D eigenvalue weighted by Gasteiger charge is -2.14. The number of rotatable bonds is 13. The zero-order chi connectivity index (χ0) is 27.9. The van der Waals surface area contributed by atoms with Crippen LogP contribution in [0.15, 0.2) is 60.7 Å². The van der Waals surface area contributed by atoms with Gasteiger partial charge in [0, 0.05) is 29.1 Å². The van der Waals surface area contributed by atoms with Gasteiger partial charge >= 0.3 is 0 Å². The predicted molar refractivity (Wildman–Crippen MR) is 150 cm³/mol. The van der Waals surface area contributed by atoms with Crippen molar-refractivity contribution in [3.63, 3.8) is 0 Å². The second kappa shape index (κ2) is 16.9. The minimum atomic E-state index is -0.833. The lowest BCUT2D eigenvalue weighted by atomic mass is 10.1. The number of halogens is 2. The normalized spacial score (nSPS) is 11.4. The zero-order valence-electron chi connectivity index (χ0n) is 21.4. The van der Waals surface area contributed by atoms with E-state index in [1.54, 1.807) is 12.1 Å². The van der Waals surface area contributed by atoms with E-state index in [1.807, 2.05) is 42.5 Å². The van der Waals surface area contributed by atoms with Gasteiger partial charge in [-0.25, -0.2) is 0 Å². The van der Waals surface area contributed by atoms with Crippen LogP contribution < -0.4 is 10.1 Å². The molecule has 0 saturated heterocycles. The summed E-state index contributed by atoms with van der Waals surface area (Å²) in [4.78, 5) is 9.00. The van der Waals surface area contributed by atoms with E-state index < -0.39 is 12.1 Å². The molecule has 0 radical (unpaired) electrons. The summed E-state index contributed by atoms with van der Waals surface area (Å²) in [5, 5.41) is 41.3. The number of hydrogen-bond donors (Lipinski definition) is 5. The van der Waals surface area contributed by atoms with E-state index in [4.69, 9.17) is 37.8 Å². The van der Waals surface area contributed by atoms with Crippen molar-refractivity contribution >= 4 is 29.2 Å². The first-order valence-corrected chi connectivity index (χ1v) is 13.1. The van der Waals surface area contributed by atoms with Crippen molar-refractivity contribution in [1.82, 2.24) is 5.32 Å². The Bertz CT molecular complexity index is 1120. The molecule has 0 aliphatic heterocycles. The Morgan fingerprint density at radius 1 is 1.00 bits per heavy atom. The van der Waals surface area contributed by atoms with Crippen molar-refractivity contribution in [3.8, 4) is 11.5 Å². The molecule has 0 unspecified atom stereocenters. The fraction of sp³-hybridized carbons (Fsp3) is 0.345. The SMILES string of the molecule is CC(=O)O.OCc1cc([C@@H](O)CNCCc2ccc(OCCCCc3c(Cl)cccc3Cl)cc2)ccc1O. The number of hydrogen-bond acceptors (Lipinski definition) is 6. The molecule has 0 heterocycles. The summed E-state index contributed by atoms with van der Waals surface area (Å²) in [5.41, 5.74) is 3.24. The van der Waals surface area contributed by atoms with E-state index in [-0.39, 0.29) is 12.4 Å². The number of aliphatic hydroxyl groups is 2. The Morgan fingerprint density at radius 2 is 1.66 bits per heavy atom. The van der Waals surface area contributed by atoms with Crippen LogP contribution >= 0.6 is 23.2 Å². The van der Waals surface area contributed by atoms with Crippen LogP contribution in [0.5, 0.6) is 11.5 Å². The first-order valence-electron chi connectivity index (χ1n) is 12.4. The number of benzene rings is 3. The van der Waals surface area contributed by atoms with Gasteiger partial charge in [0.2, 0.25) is 0 Å². The molecule has 0 aliphatic rings. The fourth-order valence-electron chi connectivity index (χ4n) is 3.65. The summed E-state index contributed by atoms with van der Waals surface area (Å²) in [6, 6.07) is 18.4. The number of aliphatic carboxylic acids is 1. The van der Waals surface area contributed by atoms with Gasteiger partial charge in [-0.3, -0.25) is 4.79 Å². The summed E-state index contributed by atoms with van der Waals surface area (Å²) in [7, 11) is 0. The van der Waals surface area contributed by atoms with Gasteiger partial charge in [-0.05, 0) is 85.3 Å². The molecule has 0 fully saturated rings. The van der Waals surface area contributed by atoms with E-state index in [0.29, 0.717) is 40.9 Å². The average molecular weight is 565 g/mol. The van der Waals surface area contributed by atoms with Crippen molar-refractivity contribution in [2.75, 3.05) is 19.7 Å². The number of carboxylic acid groups (broad SMARTS) is 1. The molecule has 0 amide bonds. The van der Waals surface area contributed by atoms with Crippen LogP contribution in [0.1, 0.15) is 48.1 Å². The summed E-state index contributed by atoms with van der Waals surface area (Å²) < 4.78 is 5.84. The van der Waals surface area contributed by atoms with E-state index in [1.165, 1.54) is 11.6 Å². The first-order chi connectivity index (χ1) is 18.2. The molecule has 0 saturated carbocycles. The molecular weight excluding hydrogens is 529 g/mol. The molecule has 7 nitrogen and oxygen atoms in total. The van der Waals surface area contributed by atoms with Crippen molar-refractivity contribution in [2.45, 2.75) is 45.3 Å². The fourth-order valence-corrected chi connectivity index (χ4v) is 4.23. The summed E-state index contributed by atoms with van der Waals surface area (Å²) >= 11 is 12.4. The van der Waals surface area contributed by atoms with Gasteiger partial charge in [-0.1, -0.05) is 47.5 Å². The van der Waals surface area contributed by atoms with Crippen molar-refractivity contribution < 1.29 is 30.0 Å². The molecule has 5 N–H and O–H groups in total. The van der Waals surface area contributed by atoms with Gasteiger partial charge in [0.15, 0.2) is 0 Å². The average Bonchev–Trinajstić information content (AvgIpc) is 2.88. The molecule has 3 aromatic rings. The van der Waals surface area contributed by atoms with E-state index >= 15 is 0 Å². The van der Waals surface area contributed by atoms with Crippen LogP contribution in [0.3, 0.4) is 0 Å². The number of aromatic hydroxyl groups is 1. The number of phenols is 1. The lowest BCUT2D eigenvalue weighted by molar-refractivity contribution is -0.134. The third kappa shape index (κ3) is 11.3. The minimum absolute atomic E-state index is 0.0286. The quantitative estimate of drug-likeness (QED) is 0.173. The van der Waals surface area contributed by atoms with Crippen molar-refractivity contribution in [3.05, 3.63) is 93.0 Å². The molecular formula is C29H35Cl2NO6. The standard InChI is InChI=1S/C27H31Cl2NO4.C2H4O2/c28-24-5-3-6-25(29)23(24)4-1-2-15-34-22-10-7-19(8-11-22)13-14-30-17-27(33)20-9-12-26(32)21(16-20)18-31;1-2(3)4/h3,5-12,16,27,30-33H,1-2,4,13-15,17-18H2;1H3,(H,3,4)/t27-;/m0./s1. The van der Waals surface area contributed by atoms with E-state index in [9.17, 15) is 15.3 Å². The predicted octanol–water partition coefficient (Wildman–Crippen LogP) is 5.55. The van der Waals surface area contributed by atoms with Crippen LogP contribution in [0.2, 0.25) is 10.0 Å². The van der Waals surface area contributed by atoms with Crippen molar-refractivity contribution in [1.29, 1.82) is 0 Å². The highest BCUT2D eigenvalue weighted by Crippen LogP contribution is 2.26. The largest absolute Gasteiger partial charge is 0.508 e. The number of ether oxygens (including phenoxy) is 1. The van der Waals surface area contributed by atoms with Crippen LogP contribution in [0.25, 0.3) is 0 Å². The van der Waals surface area contributed by atoms with Gasteiger partial charge in [-0.2, -0.15) is 0 Å². The van der Waals surface area contributed by atoms with Crippen LogP contribution in [0, 0.1) is 0 Å². The molecule has 1 atom stereocenters. The van der Waals surface area contributed by atoms with Crippen LogP contribution in [-0.4, -0.2) is 46.1 Å². The molecule has 38 heavy (non-hydrogen) atoms. The van der Waals surface area contributed by atoms with E-state index in [0.717, 1.165) is 43.9 Å². The Balaban J connectivity index is 0.00000118. The maximum Gasteiger partial charge on any atom is 0.300 e. The van der Waals surface area contributed by atoms with Gasteiger partial charge in [0.1, 0.15) is 11.5 Å². The molecule has 0 spiro atoms. The van der Waals surface area contributed by atoms with Gasteiger partial charge < -0.3 is 30.5 Å². The Morgan fingerprint density at radius 3 is 2.29 bits per heavy atom. The smallest absolute Gasteiger partial charge is 0.300 e. The highest BCUT2D eigenvalue weighted by Gasteiger charge is 2.10. The van der Waals surface area contributed by atoms with E-state index in [2.05, 4.69) is 5.32 Å². The highest BCUT2D eigenvalue weighted by molar-refractivity contribution is 6.35. The van der Waals surface area contributed by atoms with Crippen molar-refractivity contribution in [2.24, 2.45) is 0 Å². The molecule has 0 aliphatic carbocycles. The number of aliphatic hydroxyl groups excluding tert-OH is 2. The zero-order valence-corrected chi connectivity index (χ0v) is 22.9. The molecule has 0 aromatic heterocycles. The Kier molecular flexibility index (Phi) is 14.0. The first kappa shape index (κ1) is 31.4. The highest BCUT2D eigenvalue weighted by atomic mass is 35.5. The molecule has 0 bridgehead atoms. The minimum Gasteiger partial charge on any atom is -0.508 e. The number of carboxylic acids is 1. The van der Waals surface area contributed by atoms with Gasteiger partial charge in [0.05, 0.1) is 19.3 Å². The van der Waals surface area contributed by atoms with Gasteiger partial charge in [-0.15, -0.1) is 0 Å². The van der Waals surface area contributed by atoms with Crippen LogP contribution in [-0.2, 0) is 24.2 Å². The number of carbonyl (C=O) groups is 1. The third-order valence-corrected chi connectivity index (χ3v) is 6.37. The number of nitrogens with one attached hydrogen (secondary N) is 1. The maximum absolute atomic E-state index is 10.3. The third-order valence-electron chi connectivity index (χ3n) is 5.66. The van der Waals surface area contributed by atoms with Crippen LogP contribution in [0.4, 0.5) is 0 Å². The number of unbranched alkanes of at least 4 members (excludes halogenated alkanes) is 1. The molecule has 206 valence electrons. The summed E-state index contributed by atoms with van der Waals surface area (Å²) in [6.07, 6.45) is 2.80. The summed E-state index contributed by atoms with van der Waals surface area (Å²) in [5.74, 6) is 0.0378. The maximum atomic E-state index is 10.3. The monoisotopic (exact) mass is 563 g/mol. The molecule has 3 aromatic carbocycles. The summed E-state index contributed by atoms with van der Waals surface area (Å²) in [6.45, 7) is 2.55. The second-order valence-corrected chi connectivity index (χ2v) is 9.50. The molecule has 3 rings (SSSR count).